The van der Waals surface area contributed by atoms with E-state index in [2.05, 4.69) is 64.2 Å². The number of fused-ring (bicyclic) bond motifs is 3. The minimum atomic E-state index is -0.0235. The van der Waals surface area contributed by atoms with Crippen LogP contribution in [0.5, 0.6) is 0 Å². The van der Waals surface area contributed by atoms with Gasteiger partial charge in [0.1, 0.15) is 12.1 Å². The molecule has 1 aliphatic rings. The first-order valence-corrected chi connectivity index (χ1v) is 14.8. The van der Waals surface area contributed by atoms with E-state index >= 15 is 0 Å². The molecule has 9 nitrogen and oxygen atoms in total. The van der Waals surface area contributed by atoms with Crippen LogP contribution in [0.1, 0.15) is 37.3 Å². The summed E-state index contributed by atoms with van der Waals surface area (Å²) in [6.07, 6.45) is 2.18. The Morgan fingerprint density at radius 3 is 2.65 bits per heavy atom. The molecule has 1 atom stereocenters. The number of nitrogens with zero attached hydrogens (tertiary/aromatic N) is 6. The van der Waals surface area contributed by atoms with Gasteiger partial charge < -0.3 is 19.1 Å². The van der Waals surface area contributed by atoms with Crippen molar-refractivity contribution in [3.63, 3.8) is 0 Å². The standard InChI is InChI=1S/C30H36N6O3S/c1-21-12-13-25-24(17-21)28-29(36(25)19-23-9-5-4-6-10-23)31-30(33-32-28)40-16-8-7-11-26(37)34-14-15-35(22(2)18-34)27(38)20-39-3/h4-6,9-10,12-13,17,22H,7-8,11,14-16,18-20H2,1-3H3. The first kappa shape index (κ1) is 28.0. The molecular formula is C30H36N6O3S. The molecule has 210 valence electrons. The number of hydrogen-bond acceptors (Lipinski definition) is 7. The number of methoxy groups -OCH3 is 1. The maximum atomic E-state index is 12.8. The van der Waals surface area contributed by atoms with Crippen LogP contribution >= 0.6 is 11.8 Å². The molecular weight excluding hydrogens is 524 g/mol. The Morgan fingerprint density at radius 1 is 1.05 bits per heavy atom. The van der Waals surface area contributed by atoms with E-state index < -0.39 is 0 Å². The molecule has 1 unspecified atom stereocenters. The lowest BCUT2D eigenvalue weighted by atomic mass is 10.1. The maximum absolute atomic E-state index is 12.8. The van der Waals surface area contributed by atoms with Crippen LogP contribution in [0.25, 0.3) is 22.1 Å². The lowest BCUT2D eigenvalue weighted by Gasteiger charge is -2.39. The summed E-state index contributed by atoms with van der Waals surface area (Å²) in [4.78, 5) is 33.5. The van der Waals surface area contributed by atoms with Gasteiger partial charge in [0.05, 0.1) is 5.52 Å². The number of piperazine rings is 1. The van der Waals surface area contributed by atoms with Crippen molar-refractivity contribution < 1.29 is 14.3 Å². The Bertz CT molecular complexity index is 1490. The van der Waals surface area contributed by atoms with E-state index in [0.29, 0.717) is 37.8 Å². The zero-order valence-electron chi connectivity index (χ0n) is 23.4. The predicted octanol–water partition coefficient (Wildman–Crippen LogP) is 4.30. The molecule has 0 N–H and O–H groups in total. The van der Waals surface area contributed by atoms with Gasteiger partial charge in [-0.25, -0.2) is 4.98 Å². The number of aromatic nitrogens is 4. The summed E-state index contributed by atoms with van der Waals surface area (Å²) in [6, 6.07) is 16.8. The van der Waals surface area contributed by atoms with Crippen LogP contribution in [0.3, 0.4) is 0 Å². The van der Waals surface area contributed by atoms with E-state index in [0.717, 1.165) is 40.7 Å². The van der Waals surface area contributed by atoms with E-state index in [9.17, 15) is 9.59 Å². The van der Waals surface area contributed by atoms with Gasteiger partial charge in [-0.1, -0.05) is 53.7 Å². The van der Waals surface area contributed by atoms with Gasteiger partial charge in [0.15, 0.2) is 5.65 Å². The molecule has 2 aromatic heterocycles. The van der Waals surface area contributed by atoms with Crippen molar-refractivity contribution in [2.24, 2.45) is 0 Å². The Morgan fingerprint density at radius 2 is 1.88 bits per heavy atom. The minimum Gasteiger partial charge on any atom is -0.375 e. The van der Waals surface area contributed by atoms with Gasteiger partial charge in [-0.05, 0) is 44.4 Å². The molecule has 0 saturated carbocycles. The van der Waals surface area contributed by atoms with E-state index in [4.69, 9.17) is 9.72 Å². The average Bonchev–Trinajstić information content (AvgIpc) is 3.25. The second-order valence-corrected chi connectivity index (χ2v) is 11.4. The Kier molecular flexibility index (Phi) is 8.96. The highest BCUT2D eigenvalue weighted by Crippen LogP contribution is 2.29. The molecule has 10 heteroatoms. The summed E-state index contributed by atoms with van der Waals surface area (Å²) in [6.45, 7) is 6.55. The molecule has 5 rings (SSSR count). The molecule has 1 aliphatic heterocycles. The number of aryl methyl sites for hydroxylation is 1. The number of ether oxygens (including phenoxy) is 1. The number of thioether (sulfide) groups is 1. The zero-order valence-corrected chi connectivity index (χ0v) is 24.2. The fraction of sp³-hybridized carbons (Fsp3) is 0.433. The van der Waals surface area contributed by atoms with Gasteiger partial charge in [0.25, 0.3) is 0 Å². The molecule has 0 spiro atoms. The Labute approximate surface area is 238 Å². The highest BCUT2D eigenvalue weighted by Gasteiger charge is 2.29. The zero-order chi connectivity index (χ0) is 28.1. The third-order valence-electron chi connectivity index (χ3n) is 7.37. The number of benzene rings is 2. The molecule has 3 heterocycles. The van der Waals surface area contributed by atoms with Crippen LogP contribution in [0.2, 0.25) is 0 Å². The molecule has 2 aromatic carbocycles. The predicted molar refractivity (Wildman–Crippen MR) is 157 cm³/mol. The summed E-state index contributed by atoms with van der Waals surface area (Å²) in [5.74, 6) is 0.939. The van der Waals surface area contributed by atoms with E-state index in [1.165, 1.54) is 18.2 Å². The largest absolute Gasteiger partial charge is 0.375 e. The summed E-state index contributed by atoms with van der Waals surface area (Å²) < 4.78 is 7.19. The van der Waals surface area contributed by atoms with Gasteiger partial charge >= 0.3 is 0 Å². The monoisotopic (exact) mass is 560 g/mol. The van der Waals surface area contributed by atoms with Crippen molar-refractivity contribution in [2.45, 2.75) is 50.9 Å². The van der Waals surface area contributed by atoms with Crippen LogP contribution in [0.4, 0.5) is 0 Å². The first-order valence-electron chi connectivity index (χ1n) is 13.8. The highest BCUT2D eigenvalue weighted by molar-refractivity contribution is 7.99. The molecule has 4 aromatic rings. The van der Waals surface area contributed by atoms with Crippen molar-refractivity contribution in [1.82, 2.24) is 29.5 Å². The van der Waals surface area contributed by atoms with Crippen LogP contribution in [0, 0.1) is 6.92 Å². The number of hydrogen-bond donors (Lipinski definition) is 0. The lowest BCUT2D eigenvalue weighted by molar-refractivity contribution is -0.145. The van der Waals surface area contributed by atoms with Crippen molar-refractivity contribution in [2.75, 3.05) is 39.1 Å². The quantitative estimate of drug-likeness (QED) is 0.211. The van der Waals surface area contributed by atoms with Gasteiger partial charge in [-0.15, -0.1) is 10.2 Å². The van der Waals surface area contributed by atoms with Crippen molar-refractivity contribution in [1.29, 1.82) is 0 Å². The lowest BCUT2D eigenvalue weighted by Crippen LogP contribution is -2.56. The SMILES string of the molecule is COCC(=O)N1CCN(C(=O)CCCCSc2nnc3c4cc(C)ccc4n(Cc4ccccc4)c3n2)CC1C. The fourth-order valence-electron chi connectivity index (χ4n) is 5.30. The topological polar surface area (TPSA) is 93.5 Å². The normalized spacial score (nSPS) is 15.7. The van der Waals surface area contributed by atoms with Crippen LogP contribution in [-0.2, 0) is 20.9 Å². The second kappa shape index (κ2) is 12.8. The molecule has 0 bridgehead atoms. The van der Waals surface area contributed by atoms with Crippen molar-refractivity contribution in [3.8, 4) is 0 Å². The summed E-state index contributed by atoms with van der Waals surface area (Å²) in [7, 11) is 1.52. The molecule has 0 aliphatic carbocycles. The Hall–Kier alpha value is -3.50. The molecule has 40 heavy (non-hydrogen) atoms. The first-order chi connectivity index (χ1) is 19.4. The smallest absolute Gasteiger partial charge is 0.248 e. The third kappa shape index (κ3) is 6.28. The van der Waals surface area contributed by atoms with Crippen LogP contribution in [0.15, 0.2) is 53.7 Å². The van der Waals surface area contributed by atoms with Gasteiger partial charge in [-0.3, -0.25) is 9.59 Å². The summed E-state index contributed by atoms with van der Waals surface area (Å²) in [5.41, 5.74) is 5.15. The van der Waals surface area contributed by atoms with E-state index in [-0.39, 0.29) is 24.5 Å². The van der Waals surface area contributed by atoms with Gasteiger partial charge in [-0.2, -0.15) is 0 Å². The van der Waals surface area contributed by atoms with Crippen molar-refractivity contribution >= 4 is 45.6 Å². The summed E-state index contributed by atoms with van der Waals surface area (Å²) >= 11 is 1.58. The number of unbranched alkanes of at least 4 members (excludes halogenated alkanes) is 1. The molecule has 1 saturated heterocycles. The minimum absolute atomic E-state index is 0.00290. The summed E-state index contributed by atoms with van der Waals surface area (Å²) in [5, 5.41) is 10.7. The number of amides is 2. The molecule has 0 radical (unpaired) electrons. The molecule has 2 amide bonds. The van der Waals surface area contributed by atoms with Crippen LogP contribution < -0.4 is 0 Å². The highest BCUT2D eigenvalue weighted by atomic mass is 32.2. The maximum Gasteiger partial charge on any atom is 0.248 e. The number of carbonyl (C=O) groups is 2. The van der Waals surface area contributed by atoms with Crippen molar-refractivity contribution in [3.05, 3.63) is 59.7 Å². The Balaban J connectivity index is 1.18. The number of rotatable bonds is 10. The van der Waals surface area contributed by atoms with Gasteiger partial charge in [0, 0.05) is 56.9 Å². The van der Waals surface area contributed by atoms with Gasteiger partial charge in [0.2, 0.25) is 17.0 Å². The average molecular weight is 561 g/mol. The van der Waals surface area contributed by atoms with Crippen LogP contribution in [-0.4, -0.2) is 86.5 Å². The third-order valence-corrected chi connectivity index (χ3v) is 8.29. The van der Waals surface area contributed by atoms with E-state index in [1.54, 1.807) is 16.7 Å². The second-order valence-electron chi connectivity index (χ2n) is 10.4. The fourth-order valence-corrected chi connectivity index (χ4v) is 6.08. The number of carbonyl (C=O) groups excluding carboxylic acids is 2. The molecule has 1 fully saturated rings. The van der Waals surface area contributed by atoms with E-state index in [1.807, 2.05) is 17.9 Å².